The van der Waals surface area contributed by atoms with Crippen LogP contribution in [-0.2, 0) is 0 Å². The number of hydrogen-bond acceptors (Lipinski definition) is 7. The van der Waals surface area contributed by atoms with Crippen molar-refractivity contribution >= 4 is 43.3 Å². The van der Waals surface area contributed by atoms with Gasteiger partial charge in [0.05, 0.1) is 10.2 Å². The maximum atomic E-state index is 5.44. The average molecular weight is 350 g/mol. The largest absolute Gasteiger partial charge is 0.454 e. The molecule has 0 unspecified atom stereocenters. The van der Waals surface area contributed by atoms with Crippen LogP contribution in [0, 0.1) is 13.8 Å². The van der Waals surface area contributed by atoms with Crippen molar-refractivity contribution in [1.29, 1.82) is 0 Å². The minimum absolute atomic E-state index is 0.261. The number of rotatable bonds is 2. The van der Waals surface area contributed by atoms with Gasteiger partial charge in [-0.2, -0.15) is 0 Å². The minimum atomic E-state index is 0.261. The fraction of sp³-hybridized carbons (Fsp3) is 0.167. The molecule has 4 aromatic rings. The molecule has 0 bridgehead atoms. The van der Waals surface area contributed by atoms with Gasteiger partial charge in [0.1, 0.15) is 11.2 Å². The van der Waals surface area contributed by atoms with E-state index in [0.29, 0.717) is 0 Å². The summed E-state index contributed by atoms with van der Waals surface area (Å²) in [5.41, 5.74) is 4.02. The Morgan fingerprint density at radius 3 is 2.88 bits per heavy atom. The summed E-state index contributed by atoms with van der Waals surface area (Å²) in [4.78, 5) is 14.6. The monoisotopic (exact) mass is 350 g/mol. The first-order chi connectivity index (χ1) is 12.2. The van der Waals surface area contributed by atoms with Crippen molar-refractivity contribution in [3.63, 3.8) is 0 Å². The maximum Gasteiger partial charge on any atom is 0.231 e. The topological polar surface area (TPSA) is 69.2 Å². The number of pyridine rings is 1. The summed E-state index contributed by atoms with van der Waals surface area (Å²) < 4.78 is 11.8. The molecule has 0 radical (unpaired) electrons. The van der Waals surface area contributed by atoms with Crippen molar-refractivity contribution in [2.45, 2.75) is 13.8 Å². The van der Waals surface area contributed by atoms with Gasteiger partial charge in [-0.3, -0.25) is 0 Å². The summed E-state index contributed by atoms with van der Waals surface area (Å²) in [6.45, 7) is 4.36. The summed E-state index contributed by atoms with van der Waals surface area (Å²) in [6, 6.07) is 7.84. The van der Waals surface area contributed by atoms with Gasteiger partial charge in [0.15, 0.2) is 17.3 Å². The molecule has 0 aliphatic carbocycles. The zero-order valence-corrected chi connectivity index (χ0v) is 14.5. The quantitative estimate of drug-likeness (QED) is 0.580. The molecular weight excluding hydrogens is 336 g/mol. The van der Waals surface area contributed by atoms with Crippen molar-refractivity contribution < 1.29 is 9.47 Å². The van der Waals surface area contributed by atoms with E-state index in [0.717, 1.165) is 49.1 Å². The number of nitrogens with one attached hydrogen (secondary N) is 1. The van der Waals surface area contributed by atoms with Crippen molar-refractivity contribution in [2.75, 3.05) is 12.1 Å². The normalized spacial score (nSPS) is 12.9. The number of thiophene rings is 1. The van der Waals surface area contributed by atoms with E-state index < -0.39 is 0 Å². The van der Waals surface area contributed by atoms with Crippen molar-refractivity contribution in [2.24, 2.45) is 0 Å². The summed E-state index contributed by atoms with van der Waals surface area (Å²) in [5, 5.41) is 4.47. The van der Waals surface area contributed by atoms with Gasteiger partial charge in [0.25, 0.3) is 0 Å². The zero-order chi connectivity index (χ0) is 17.0. The van der Waals surface area contributed by atoms with Gasteiger partial charge >= 0.3 is 0 Å². The third-order valence-corrected chi connectivity index (χ3v) is 5.27. The van der Waals surface area contributed by atoms with Crippen molar-refractivity contribution in [1.82, 2.24) is 15.0 Å². The van der Waals surface area contributed by atoms with Crippen LogP contribution in [0.15, 0.2) is 30.6 Å². The molecule has 1 aliphatic rings. The molecule has 7 heteroatoms. The molecule has 1 aromatic carbocycles. The second kappa shape index (κ2) is 5.29. The van der Waals surface area contributed by atoms with Crippen LogP contribution in [0.2, 0.25) is 0 Å². The molecule has 1 N–H and O–H groups in total. The maximum absolute atomic E-state index is 5.44. The molecule has 3 aromatic heterocycles. The molecule has 0 saturated carbocycles. The highest BCUT2D eigenvalue weighted by molar-refractivity contribution is 7.26. The highest BCUT2D eigenvalue weighted by Crippen LogP contribution is 2.39. The number of hydrogen-bond donors (Lipinski definition) is 1. The van der Waals surface area contributed by atoms with E-state index in [9.17, 15) is 0 Å². The molecule has 5 rings (SSSR count). The molecule has 6 nitrogen and oxygen atoms in total. The van der Waals surface area contributed by atoms with Crippen LogP contribution in [0.3, 0.4) is 0 Å². The molecule has 0 atom stereocenters. The second-order valence-corrected chi connectivity index (χ2v) is 6.95. The molecule has 0 amide bonds. The minimum Gasteiger partial charge on any atom is -0.454 e. The number of aryl methyl sites for hydroxylation is 2. The first-order valence-corrected chi connectivity index (χ1v) is 8.69. The Kier molecular flexibility index (Phi) is 3.05. The lowest BCUT2D eigenvalue weighted by Crippen LogP contribution is -1.94. The van der Waals surface area contributed by atoms with Crippen LogP contribution in [-0.4, -0.2) is 21.7 Å². The highest BCUT2D eigenvalue weighted by atomic mass is 32.1. The Labute approximate surface area is 147 Å². The zero-order valence-electron chi connectivity index (χ0n) is 13.7. The fourth-order valence-electron chi connectivity index (χ4n) is 3.11. The molecule has 0 spiro atoms. The Morgan fingerprint density at radius 2 is 1.96 bits per heavy atom. The summed E-state index contributed by atoms with van der Waals surface area (Å²) in [7, 11) is 0. The Morgan fingerprint density at radius 1 is 1.08 bits per heavy atom. The van der Waals surface area contributed by atoms with E-state index in [1.807, 2.05) is 25.1 Å². The highest BCUT2D eigenvalue weighted by Gasteiger charge is 2.17. The van der Waals surface area contributed by atoms with Gasteiger partial charge < -0.3 is 14.8 Å². The van der Waals surface area contributed by atoms with Crippen LogP contribution in [0.4, 0.5) is 11.5 Å². The molecule has 0 fully saturated rings. The van der Waals surface area contributed by atoms with Crippen LogP contribution in [0.5, 0.6) is 11.5 Å². The first kappa shape index (κ1) is 14.4. The van der Waals surface area contributed by atoms with E-state index in [-0.39, 0.29) is 6.79 Å². The number of benzene rings is 1. The van der Waals surface area contributed by atoms with E-state index in [4.69, 9.17) is 9.47 Å². The van der Waals surface area contributed by atoms with Crippen LogP contribution in [0.25, 0.3) is 20.4 Å². The molecule has 1 aliphatic heterocycles. The molecular formula is C18H14N4O2S. The molecule has 25 heavy (non-hydrogen) atoms. The third-order valence-electron chi connectivity index (χ3n) is 4.19. The molecule has 0 saturated heterocycles. The predicted octanol–water partition coefficient (Wildman–Crippen LogP) is 4.33. The number of nitrogens with zero attached hydrogens (tertiary/aromatic N) is 3. The van der Waals surface area contributed by atoms with E-state index in [2.05, 4.69) is 33.3 Å². The Bertz CT molecular complexity index is 1140. The second-order valence-electron chi connectivity index (χ2n) is 5.96. The average Bonchev–Trinajstić information content (AvgIpc) is 3.18. The first-order valence-electron chi connectivity index (χ1n) is 7.87. The number of anilines is 2. The summed E-state index contributed by atoms with van der Waals surface area (Å²) >= 11 is 1.61. The third kappa shape index (κ3) is 2.27. The lowest BCUT2D eigenvalue weighted by molar-refractivity contribution is 0.174. The Balaban J connectivity index is 1.65. The van der Waals surface area contributed by atoms with Crippen molar-refractivity contribution in [3.05, 3.63) is 41.9 Å². The van der Waals surface area contributed by atoms with Crippen LogP contribution < -0.4 is 14.8 Å². The van der Waals surface area contributed by atoms with Gasteiger partial charge in [-0.1, -0.05) is 0 Å². The van der Waals surface area contributed by atoms with E-state index in [1.54, 1.807) is 17.7 Å². The molecule has 4 heterocycles. The number of fused-ring (bicyclic) bond motifs is 4. The lowest BCUT2D eigenvalue weighted by atomic mass is 10.1. The Hall–Kier alpha value is -2.93. The van der Waals surface area contributed by atoms with E-state index >= 15 is 0 Å². The van der Waals surface area contributed by atoms with Gasteiger partial charge in [0, 0.05) is 22.8 Å². The SMILES string of the molecule is Cc1cc(C)c2c(n1)sc1c(Nc3ccc4c(c3)OCO4)ncnc12. The summed E-state index contributed by atoms with van der Waals surface area (Å²) in [5.74, 6) is 2.26. The van der Waals surface area contributed by atoms with Gasteiger partial charge in [-0.15, -0.1) is 11.3 Å². The standard InChI is InChI=1S/C18H14N4O2S/c1-9-5-10(2)21-18-14(9)15-16(25-18)17(20-7-19-15)22-11-3-4-12-13(6-11)24-8-23-12/h3-7H,8H2,1-2H3,(H,19,20,22). The molecule has 124 valence electrons. The summed E-state index contributed by atoms with van der Waals surface area (Å²) in [6.07, 6.45) is 1.59. The van der Waals surface area contributed by atoms with Gasteiger partial charge in [0.2, 0.25) is 6.79 Å². The van der Waals surface area contributed by atoms with Gasteiger partial charge in [-0.25, -0.2) is 15.0 Å². The predicted molar refractivity (Wildman–Crippen MR) is 98.0 cm³/mol. The van der Waals surface area contributed by atoms with E-state index in [1.165, 1.54) is 5.56 Å². The smallest absolute Gasteiger partial charge is 0.231 e. The van der Waals surface area contributed by atoms with Crippen LogP contribution in [0.1, 0.15) is 11.3 Å². The van der Waals surface area contributed by atoms with Crippen LogP contribution >= 0.6 is 11.3 Å². The fourth-order valence-corrected chi connectivity index (χ4v) is 4.30. The van der Waals surface area contributed by atoms with Gasteiger partial charge in [-0.05, 0) is 37.6 Å². The van der Waals surface area contributed by atoms with Crippen molar-refractivity contribution in [3.8, 4) is 11.5 Å². The number of aromatic nitrogens is 3. The number of ether oxygens (including phenoxy) is 2. The lowest BCUT2D eigenvalue weighted by Gasteiger charge is -2.07.